The molecule has 4 rings (SSSR count). The largest absolute Gasteiger partial charge is 0.475 e. The molecule has 2 aromatic heterocycles. The van der Waals surface area contributed by atoms with E-state index in [1.165, 1.54) is 44.3 Å². The molecular weight excluding hydrogens is 468 g/mol. The van der Waals surface area contributed by atoms with Crippen molar-refractivity contribution in [3.8, 4) is 17.1 Å². The zero-order valence-electron chi connectivity index (χ0n) is 20.8. The number of aryl methyl sites for hydroxylation is 1. The number of nitrogens with one attached hydrogen (secondary N) is 1. The highest BCUT2D eigenvalue weighted by Crippen LogP contribution is 2.34. The number of rotatable bonds is 7. The van der Waals surface area contributed by atoms with Crippen LogP contribution in [-0.2, 0) is 10.4 Å². The summed E-state index contributed by atoms with van der Waals surface area (Å²) in [6.07, 6.45) is 1.35. The van der Waals surface area contributed by atoms with Crippen molar-refractivity contribution >= 4 is 17.3 Å². The molecule has 36 heavy (non-hydrogen) atoms. The molecular formula is C26H29F2N5O3. The lowest BCUT2D eigenvalue weighted by Gasteiger charge is -2.29. The molecule has 8 nitrogen and oxygen atoms in total. The smallest absolute Gasteiger partial charge is 0.257 e. The number of nitrogens with zero attached hydrogens (tertiary/aromatic N) is 4. The fraction of sp³-hybridized carbons (Fsp3) is 0.385. The minimum atomic E-state index is -1.72. The summed E-state index contributed by atoms with van der Waals surface area (Å²) >= 11 is 0. The van der Waals surface area contributed by atoms with Gasteiger partial charge in [-0.2, -0.15) is 0 Å². The Morgan fingerprint density at radius 2 is 1.94 bits per heavy atom. The van der Waals surface area contributed by atoms with Gasteiger partial charge in [-0.25, -0.2) is 8.78 Å². The molecule has 0 aliphatic carbocycles. The first-order valence-corrected chi connectivity index (χ1v) is 11.8. The van der Waals surface area contributed by atoms with E-state index >= 15 is 0 Å². The summed E-state index contributed by atoms with van der Waals surface area (Å²) in [6, 6.07) is 7.52. The van der Waals surface area contributed by atoms with E-state index < -0.39 is 17.4 Å². The Hall–Kier alpha value is -3.66. The van der Waals surface area contributed by atoms with E-state index in [0.29, 0.717) is 55.6 Å². The molecule has 1 aliphatic heterocycles. The van der Waals surface area contributed by atoms with Crippen molar-refractivity contribution in [3.63, 3.8) is 0 Å². The van der Waals surface area contributed by atoms with Crippen LogP contribution in [0.4, 0.5) is 20.2 Å². The number of hydrogen-bond acceptors (Lipinski definition) is 7. The zero-order valence-corrected chi connectivity index (χ0v) is 20.8. The molecule has 1 amide bonds. The molecule has 0 saturated carbocycles. The Morgan fingerprint density at radius 3 is 2.64 bits per heavy atom. The van der Waals surface area contributed by atoms with Crippen molar-refractivity contribution in [2.45, 2.75) is 33.4 Å². The summed E-state index contributed by atoms with van der Waals surface area (Å²) in [7, 11) is 0. The minimum absolute atomic E-state index is 0.0259. The van der Waals surface area contributed by atoms with Gasteiger partial charge in [-0.05, 0) is 63.6 Å². The van der Waals surface area contributed by atoms with Crippen LogP contribution < -0.4 is 15.0 Å². The maximum absolute atomic E-state index is 14.9. The molecule has 3 aromatic rings. The maximum atomic E-state index is 14.9. The van der Waals surface area contributed by atoms with E-state index in [1.807, 2.05) is 13.0 Å². The number of morpholine rings is 1. The first-order chi connectivity index (χ1) is 17.2. The van der Waals surface area contributed by atoms with E-state index in [2.05, 4.69) is 25.4 Å². The standard InChI is InChI=1S/C26H29F2N5O3/c1-5-36-25-22(33-8-10-35-11-9-33)15-20(31-32-25)18-14-21(19(27)12-16(18)2)30-24(34)17-6-7-29-23(13-17)26(3,4)28/h6-7,12-15H,5,8-11H2,1-4H3,(H,30,34). The van der Waals surface area contributed by atoms with E-state index in [4.69, 9.17) is 9.47 Å². The Morgan fingerprint density at radius 1 is 1.19 bits per heavy atom. The molecule has 190 valence electrons. The van der Waals surface area contributed by atoms with Crippen molar-refractivity contribution < 1.29 is 23.0 Å². The summed E-state index contributed by atoms with van der Waals surface area (Å²) in [5, 5.41) is 11.2. The molecule has 1 fully saturated rings. The number of carbonyl (C=O) groups excluding carboxylic acids is 1. The van der Waals surface area contributed by atoms with E-state index in [0.717, 1.165) is 5.69 Å². The number of benzene rings is 1. The highest BCUT2D eigenvalue weighted by Gasteiger charge is 2.23. The quantitative estimate of drug-likeness (QED) is 0.507. The second-order valence-electron chi connectivity index (χ2n) is 8.96. The molecule has 0 radical (unpaired) electrons. The topological polar surface area (TPSA) is 89.5 Å². The monoisotopic (exact) mass is 497 g/mol. The number of alkyl halides is 1. The van der Waals surface area contributed by atoms with E-state index in [1.54, 1.807) is 6.92 Å². The second-order valence-corrected chi connectivity index (χ2v) is 8.96. The average Bonchev–Trinajstić information content (AvgIpc) is 2.86. The van der Waals surface area contributed by atoms with E-state index in [9.17, 15) is 13.6 Å². The van der Waals surface area contributed by atoms with Gasteiger partial charge in [-0.1, -0.05) is 0 Å². The summed E-state index contributed by atoms with van der Waals surface area (Å²) in [5.41, 5.74) is 1.06. The van der Waals surface area contributed by atoms with E-state index in [-0.39, 0.29) is 16.9 Å². The normalized spacial score (nSPS) is 14.0. The SMILES string of the molecule is CCOc1nnc(-c2cc(NC(=O)c3ccnc(C(C)(C)F)c3)c(F)cc2C)cc1N1CCOCC1. The number of anilines is 2. The summed E-state index contributed by atoms with van der Waals surface area (Å²) < 4.78 is 40.3. The minimum Gasteiger partial charge on any atom is -0.475 e. The molecule has 0 atom stereocenters. The van der Waals surface area contributed by atoms with Gasteiger partial charge in [0.1, 0.15) is 17.2 Å². The number of hydrogen-bond donors (Lipinski definition) is 1. The van der Waals surface area contributed by atoms with Crippen LogP contribution in [0.5, 0.6) is 5.88 Å². The third-order valence-corrected chi connectivity index (χ3v) is 5.84. The lowest BCUT2D eigenvalue weighted by molar-refractivity contribution is 0.102. The van der Waals surface area contributed by atoms with Crippen molar-refractivity contribution in [2.24, 2.45) is 0 Å². The van der Waals surface area contributed by atoms with Gasteiger partial charge in [-0.15, -0.1) is 10.2 Å². The van der Waals surface area contributed by atoms with Gasteiger partial charge in [0.2, 0.25) is 0 Å². The van der Waals surface area contributed by atoms with Crippen molar-refractivity contribution in [1.82, 2.24) is 15.2 Å². The molecule has 3 heterocycles. The number of amides is 1. The van der Waals surface area contributed by atoms with Crippen molar-refractivity contribution in [2.75, 3.05) is 43.1 Å². The molecule has 1 aromatic carbocycles. The molecule has 0 spiro atoms. The van der Waals surface area contributed by atoms with Gasteiger partial charge in [-0.3, -0.25) is 9.78 Å². The lowest BCUT2D eigenvalue weighted by atomic mass is 10.0. The van der Waals surface area contributed by atoms with Crippen LogP contribution in [0.1, 0.15) is 42.4 Å². The fourth-order valence-electron chi connectivity index (χ4n) is 3.91. The van der Waals surface area contributed by atoms with Gasteiger partial charge in [0.15, 0.2) is 0 Å². The van der Waals surface area contributed by atoms with Crippen LogP contribution in [-0.4, -0.2) is 54.0 Å². The summed E-state index contributed by atoms with van der Waals surface area (Å²) in [6.45, 7) is 9.31. The lowest BCUT2D eigenvalue weighted by Crippen LogP contribution is -2.36. The number of pyridine rings is 1. The Kier molecular flexibility index (Phi) is 7.44. The predicted octanol–water partition coefficient (Wildman–Crippen LogP) is 4.68. The van der Waals surface area contributed by atoms with Crippen LogP contribution in [0, 0.1) is 12.7 Å². The number of carbonyl (C=O) groups is 1. The molecule has 0 bridgehead atoms. The van der Waals surface area contributed by atoms with Gasteiger partial charge in [0.05, 0.1) is 36.9 Å². The first kappa shape index (κ1) is 25.4. The number of ether oxygens (including phenoxy) is 2. The van der Waals surface area contributed by atoms with Gasteiger partial charge < -0.3 is 19.7 Å². The predicted molar refractivity (Wildman–Crippen MR) is 133 cm³/mol. The van der Waals surface area contributed by atoms with Crippen molar-refractivity contribution in [1.29, 1.82) is 0 Å². The number of aromatic nitrogens is 3. The van der Waals surface area contributed by atoms with Crippen LogP contribution in [0.15, 0.2) is 36.5 Å². The molecule has 1 saturated heterocycles. The third kappa shape index (κ3) is 5.59. The van der Waals surface area contributed by atoms with Crippen LogP contribution in [0.2, 0.25) is 0 Å². The van der Waals surface area contributed by atoms with Gasteiger partial charge in [0.25, 0.3) is 11.8 Å². The van der Waals surface area contributed by atoms with Gasteiger partial charge >= 0.3 is 0 Å². The van der Waals surface area contributed by atoms with Crippen LogP contribution in [0.25, 0.3) is 11.3 Å². The molecule has 1 aliphatic rings. The fourth-order valence-corrected chi connectivity index (χ4v) is 3.91. The Labute approximate surface area is 208 Å². The summed E-state index contributed by atoms with van der Waals surface area (Å²) in [4.78, 5) is 19.0. The second kappa shape index (κ2) is 10.5. The highest BCUT2D eigenvalue weighted by molar-refractivity contribution is 6.04. The molecule has 1 N–H and O–H groups in total. The first-order valence-electron chi connectivity index (χ1n) is 11.8. The number of halogens is 2. The third-order valence-electron chi connectivity index (χ3n) is 5.84. The van der Waals surface area contributed by atoms with Crippen LogP contribution in [0.3, 0.4) is 0 Å². The average molecular weight is 498 g/mol. The maximum Gasteiger partial charge on any atom is 0.257 e. The summed E-state index contributed by atoms with van der Waals surface area (Å²) in [5.74, 6) is -0.763. The Balaban J connectivity index is 1.67. The highest BCUT2D eigenvalue weighted by atomic mass is 19.1. The van der Waals surface area contributed by atoms with Gasteiger partial charge in [0, 0.05) is 30.4 Å². The Bertz CT molecular complexity index is 1260. The van der Waals surface area contributed by atoms with Crippen molar-refractivity contribution in [3.05, 3.63) is 59.2 Å². The molecule has 10 heteroatoms. The van der Waals surface area contributed by atoms with Crippen LogP contribution >= 0.6 is 0 Å². The zero-order chi connectivity index (χ0) is 25.9. The molecule has 0 unspecified atom stereocenters.